The Hall–Kier alpha value is -1.71. The number of anilines is 2. The van der Waals surface area contributed by atoms with Crippen molar-refractivity contribution < 1.29 is 9.53 Å². The molecule has 1 saturated carbocycles. The van der Waals surface area contributed by atoms with Crippen LogP contribution in [0, 0.1) is 5.41 Å². The molecule has 0 atom stereocenters. The Bertz CT molecular complexity index is 479. The second-order valence-electron chi connectivity index (χ2n) is 5.86. The van der Waals surface area contributed by atoms with Crippen LogP contribution >= 0.6 is 0 Å². The smallest absolute Gasteiger partial charge is 0.340 e. The lowest BCUT2D eigenvalue weighted by Gasteiger charge is -2.25. The summed E-state index contributed by atoms with van der Waals surface area (Å²) in [4.78, 5) is 11.8. The molecule has 1 aromatic rings. The van der Waals surface area contributed by atoms with Crippen molar-refractivity contribution in [3.05, 3.63) is 23.8 Å². The number of hydrogen-bond acceptors (Lipinski definition) is 4. The van der Waals surface area contributed by atoms with Crippen molar-refractivity contribution in [2.24, 2.45) is 5.41 Å². The first-order valence-corrected chi connectivity index (χ1v) is 7.35. The van der Waals surface area contributed by atoms with Crippen LogP contribution in [0.4, 0.5) is 11.4 Å². The van der Waals surface area contributed by atoms with E-state index in [1.165, 1.54) is 25.7 Å². The average Bonchev–Trinajstić information content (AvgIpc) is 2.85. The summed E-state index contributed by atoms with van der Waals surface area (Å²) in [6, 6.07) is 5.45. The third-order valence-electron chi connectivity index (χ3n) is 4.12. The van der Waals surface area contributed by atoms with Gasteiger partial charge in [0.15, 0.2) is 0 Å². The first kappa shape index (κ1) is 14.7. The number of esters is 1. The van der Waals surface area contributed by atoms with Crippen molar-refractivity contribution in [2.75, 3.05) is 24.2 Å². The predicted molar refractivity (Wildman–Crippen MR) is 81.9 cm³/mol. The van der Waals surface area contributed by atoms with E-state index >= 15 is 0 Å². The Morgan fingerprint density at radius 2 is 2.10 bits per heavy atom. The molecule has 0 heterocycles. The van der Waals surface area contributed by atoms with Crippen LogP contribution in [0.5, 0.6) is 0 Å². The number of benzene rings is 1. The molecule has 0 radical (unpaired) electrons. The average molecular weight is 276 g/mol. The molecule has 1 aromatic carbocycles. The molecule has 3 N–H and O–H groups in total. The molecular formula is C16H24N2O2. The van der Waals surface area contributed by atoms with Crippen LogP contribution in [0.25, 0.3) is 0 Å². The maximum absolute atomic E-state index is 11.8. The fourth-order valence-electron chi connectivity index (χ4n) is 2.82. The van der Waals surface area contributed by atoms with E-state index < -0.39 is 0 Å². The fourth-order valence-corrected chi connectivity index (χ4v) is 2.82. The zero-order valence-corrected chi connectivity index (χ0v) is 12.4. The minimum atomic E-state index is -0.360. The van der Waals surface area contributed by atoms with E-state index in [9.17, 15) is 4.79 Å². The summed E-state index contributed by atoms with van der Waals surface area (Å²) < 4.78 is 5.01. The minimum absolute atomic E-state index is 0.340. The zero-order chi connectivity index (χ0) is 14.6. The Kier molecular flexibility index (Phi) is 4.53. The van der Waals surface area contributed by atoms with Gasteiger partial charge in [0.25, 0.3) is 0 Å². The van der Waals surface area contributed by atoms with Crippen LogP contribution in [0.3, 0.4) is 0 Å². The van der Waals surface area contributed by atoms with E-state index in [1.807, 2.05) is 12.1 Å². The number of hydrogen-bond donors (Lipinski definition) is 2. The number of nitrogen functional groups attached to an aromatic ring is 1. The molecule has 20 heavy (non-hydrogen) atoms. The van der Waals surface area contributed by atoms with Crippen LogP contribution in [0.1, 0.15) is 49.9 Å². The van der Waals surface area contributed by atoms with Crippen molar-refractivity contribution in [3.8, 4) is 0 Å². The van der Waals surface area contributed by atoms with Gasteiger partial charge in [-0.3, -0.25) is 0 Å². The second kappa shape index (κ2) is 6.16. The molecule has 0 saturated heterocycles. The number of nitrogens with two attached hydrogens (primary N) is 1. The highest BCUT2D eigenvalue weighted by Crippen LogP contribution is 2.38. The van der Waals surface area contributed by atoms with Gasteiger partial charge in [0.2, 0.25) is 0 Å². The van der Waals surface area contributed by atoms with Crippen LogP contribution < -0.4 is 11.1 Å². The Morgan fingerprint density at radius 3 is 2.75 bits per heavy atom. The number of carbonyl (C=O) groups is 1. The molecular weight excluding hydrogens is 252 g/mol. The Labute approximate surface area is 120 Å². The molecule has 110 valence electrons. The summed E-state index contributed by atoms with van der Waals surface area (Å²) in [5.74, 6) is -0.360. The predicted octanol–water partition coefficient (Wildman–Crippen LogP) is 3.44. The van der Waals surface area contributed by atoms with Crippen LogP contribution in [0.2, 0.25) is 0 Å². The van der Waals surface area contributed by atoms with E-state index in [4.69, 9.17) is 10.5 Å². The molecule has 1 fully saturated rings. The summed E-state index contributed by atoms with van der Waals surface area (Å²) in [6.07, 6.45) is 5.10. The molecule has 0 bridgehead atoms. The lowest BCUT2D eigenvalue weighted by molar-refractivity contribution is 0.0527. The largest absolute Gasteiger partial charge is 0.462 e. The van der Waals surface area contributed by atoms with Gasteiger partial charge in [-0.05, 0) is 37.3 Å². The Balaban J connectivity index is 2.08. The van der Waals surface area contributed by atoms with Gasteiger partial charge in [0, 0.05) is 6.54 Å². The van der Waals surface area contributed by atoms with E-state index in [2.05, 4.69) is 12.2 Å². The molecule has 0 unspecified atom stereocenters. The van der Waals surface area contributed by atoms with E-state index in [0.29, 0.717) is 23.3 Å². The van der Waals surface area contributed by atoms with Crippen LogP contribution in [-0.4, -0.2) is 19.1 Å². The highest BCUT2D eigenvalue weighted by atomic mass is 16.5. The summed E-state index contributed by atoms with van der Waals surface area (Å²) in [6.45, 7) is 5.34. The topological polar surface area (TPSA) is 64.3 Å². The van der Waals surface area contributed by atoms with Gasteiger partial charge in [-0.2, -0.15) is 0 Å². The highest BCUT2D eigenvalue weighted by Gasteiger charge is 2.28. The SMILES string of the molecule is CCOC(=O)c1cccc(NCC2(C)CCCC2)c1N. The highest BCUT2D eigenvalue weighted by molar-refractivity contribution is 5.98. The van der Waals surface area contributed by atoms with Gasteiger partial charge >= 0.3 is 5.97 Å². The van der Waals surface area contributed by atoms with Gasteiger partial charge in [-0.25, -0.2) is 4.79 Å². The maximum Gasteiger partial charge on any atom is 0.340 e. The third-order valence-corrected chi connectivity index (χ3v) is 4.12. The van der Waals surface area contributed by atoms with Crippen molar-refractivity contribution in [1.82, 2.24) is 0 Å². The molecule has 0 aliphatic heterocycles. The molecule has 0 amide bonds. The minimum Gasteiger partial charge on any atom is -0.462 e. The molecule has 1 aliphatic rings. The first-order chi connectivity index (χ1) is 9.56. The monoisotopic (exact) mass is 276 g/mol. The summed E-state index contributed by atoms with van der Waals surface area (Å²) >= 11 is 0. The molecule has 0 spiro atoms. The summed E-state index contributed by atoms with van der Waals surface area (Å²) in [5.41, 5.74) is 8.16. The van der Waals surface area contributed by atoms with Crippen molar-refractivity contribution >= 4 is 17.3 Å². The quantitative estimate of drug-likeness (QED) is 0.638. The molecule has 4 heteroatoms. The van der Waals surface area contributed by atoms with E-state index in [0.717, 1.165) is 12.2 Å². The molecule has 2 rings (SSSR count). The fraction of sp³-hybridized carbons (Fsp3) is 0.562. The van der Waals surface area contributed by atoms with Gasteiger partial charge < -0.3 is 15.8 Å². The third kappa shape index (κ3) is 3.24. The summed E-state index contributed by atoms with van der Waals surface area (Å²) in [7, 11) is 0. The number of ether oxygens (including phenoxy) is 1. The van der Waals surface area contributed by atoms with Gasteiger partial charge in [0.05, 0.1) is 23.5 Å². The normalized spacial score (nSPS) is 16.9. The number of para-hydroxylation sites is 1. The Morgan fingerprint density at radius 1 is 1.40 bits per heavy atom. The second-order valence-corrected chi connectivity index (χ2v) is 5.86. The van der Waals surface area contributed by atoms with Crippen molar-refractivity contribution in [3.63, 3.8) is 0 Å². The molecule has 0 aromatic heterocycles. The van der Waals surface area contributed by atoms with Gasteiger partial charge in [-0.15, -0.1) is 0 Å². The standard InChI is InChI=1S/C16H24N2O2/c1-3-20-15(19)12-7-6-8-13(14(12)17)18-11-16(2)9-4-5-10-16/h6-8,18H,3-5,9-11,17H2,1-2H3. The van der Waals surface area contributed by atoms with E-state index in [1.54, 1.807) is 13.0 Å². The zero-order valence-electron chi connectivity index (χ0n) is 12.4. The first-order valence-electron chi connectivity index (χ1n) is 7.35. The van der Waals surface area contributed by atoms with Crippen LogP contribution in [-0.2, 0) is 4.74 Å². The summed E-state index contributed by atoms with van der Waals surface area (Å²) in [5, 5.41) is 3.40. The van der Waals surface area contributed by atoms with E-state index in [-0.39, 0.29) is 5.97 Å². The number of rotatable bonds is 5. The lowest BCUT2D eigenvalue weighted by atomic mass is 9.89. The van der Waals surface area contributed by atoms with Gasteiger partial charge in [0.1, 0.15) is 0 Å². The van der Waals surface area contributed by atoms with Gasteiger partial charge in [-0.1, -0.05) is 25.8 Å². The molecule has 4 nitrogen and oxygen atoms in total. The maximum atomic E-state index is 11.8. The molecule has 1 aliphatic carbocycles. The van der Waals surface area contributed by atoms with Crippen molar-refractivity contribution in [1.29, 1.82) is 0 Å². The van der Waals surface area contributed by atoms with Crippen molar-refractivity contribution in [2.45, 2.75) is 39.5 Å². The number of carbonyl (C=O) groups excluding carboxylic acids is 1. The van der Waals surface area contributed by atoms with Crippen LogP contribution in [0.15, 0.2) is 18.2 Å². The number of nitrogens with one attached hydrogen (secondary N) is 1. The lowest BCUT2D eigenvalue weighted by Crippen LogP contribution is -2.23.